The third kappa shape index (κ3) is 9.45. The van der Waals surface area contributed by atoms with Crippen LogP contribution in [0.3, 0.4) is 0 Å². The van der Waals surface area contributed by atoms with Crippen LogP contribution >= 0.6 is 24.8 Å². The van der Waals surface area contributed by atoms with Gasteiger partial charge in [-0.2, -0.15) is 0 Å². The fourth-order valence-electron chi connectivity index (χ4n) is 5.54. The van der Waals surface area contributed by atoms with Crippen LogP contribution in [0.2, 0.25) is 0 Å². The minimum absolute atomic E-state index is 0. The molecule has 0 aromatic heterocycles. The largest absolute Gasteiger partial charge is 0.493 e. The van der Waals surface area contributed by atoms with E-state index in [9.17, 15) is 0 Å². The zero-order valence-electron chi connectivity index (χ0n) is 22.8. The number of unbranched alkanes of at least 4 members (excludes halogenated alkanes) is 3. The summed E-state index contributed by atoms with van der Waals surface area (Å²) in [6.07, 6.45) is 9.87. The molecule has 3 rings (SSSR count). The molecule has 204 valence electrons. The van der Waals surface area contributed by atoms with Crippen molar-refractivity contribution in [3.05, 3.63) is 59.2 Å². The van der Waals surface area contributed by atoms with E-state index in [1.807, 2.05) is 0 Å². The van der Waals surface area contributed by atoms with Gasteiger partial charge in [0.05, 0.1) is 14.2 Å². The SMILES string of the molecule is CCCN(CCCCCCNCCc1ccccc1)C1Cc2ccc(OC)c(OC)c2C(C)C1.Cl.Cl. The summed E-state index contributed by atoms with van der Waals surface area (Å²) in [7, 11) is 3.49. The van der Waals surface area contributed by atoms with Gasteiger partial charge in [-0.15, -0.1) is 24.8 Å². The molecule has 36 heavy (non-hydrogen) atoms. The third-order valence-corrected chi connectivity index (χ3v) is 7.26. The number of methoxy groups -OCH3 is 2. The molecule has 0 spiro atoms. The molecule has 2 aromatic rings. The van der Waals surface area contributed by atoms with Crippen LogP contribution in [-0.4, -0.2) is 51.3 Å². The van der Waals surface area contributed by atoms with Gasteiger partial charge in [0.2, 0.25) is 0 Å². The summed E-state index contributed by atoms with van der Waals surface area (Å²) in [5.41, 5.74) is 4.21. The van der Waals surface area contributed by atoms with Crippen LogP contribution in [-0.2, 0) is 12.8 Å². The Bertz CT molecular complexity index is 850. The van der Waals surface area contributed by atoms with Gasteiger partial charge < -0.3 is 19.7 Å². The Hall–Kier alpha value is -1.46. The molecule has 0 fully saturated rings. The molecule has 0 amide bonds. The first kappa shape index (κ1) is 32.6. The molecule has 0 bridgehead atoms. The van der Waals surface area contributed by atoms with E-state index in [0.29, 0.717) is 12.0 Å². The predicted octanol–water partition coefficient (Wildman–Crippen LogP) is 7.07. The van der Waals surface area contributed by atoms with Gasteiger partial charge in [0.25, 0.3) is 0 Å². The fourth-order valence-corrected chi connectivity index (χ4v) is 5.54. The molecule has 0 saturated carbocycles. The summed E-state index contributed by atoms with van der Waals surface area (Å²) in [4.78, 5) is 2.76. The van der Waals surface area contributed by atoms with Gasteiger partial charge in [-0.1, -0.05) is 63.1 Å². The second-order valence-corrected chi connectivity index (χ2v) is 9.80. The number of hydrogen-bond donors (Lipinski definition) is 1. The third-order valence-electron chi connectivity index (χ3n) is 7.26. The number of rotatable bonds is 15. The average Bonchev–Trinajstić information content (AvgIpc) is 2.86. The summed E-state index contributed by atoms with van der Waals surface area (Å²) in [6, 6.07) is 15.7. The van der Waals surface area contributed by atoms with E-state index in [1.165, 1.54) is 68.3 Å². The quantitative estimate of drug-likeness (QED) is 0.246. The Morgan fingerprint density at radius 2 is 1.64 bits per heavy atom. The molecule has 0 saturated heterocycles. The predicted molar refractivity (Wildman–Crippen MR) is 158 cm³/mol. The highest BCUT2D eigenvalue weighted by atomic mass is 35.5. The number of hydrogen-bond acceptors (Lipinski definition) is 4. The minimum Gasteiger partial charge on any atom is -0.493 e. The second kappa shape index (κ2) is 17.9. The van der Waals surface area contributed by atoms with Crippen LogP contribution < -0.4 is 14.8 Å². The van der Waals surface area contributed by atoms with E-state index in [1.54, 1.807) is 14.2 Å². The van der Waals surface area contributed by atoms with E-state index in [4.69, 9.17) is 9.47 Å². The van der Waals surface area contributed by atoms with Crippen LogP contribution in [0.15, 0.2) is 42.5 Å². The Kier molecular flexibility index (Phi) is 16.2. The van der Waals surface area contributed by atoms with Crippen molar-refractivity contribution in [3.8, 4) is 11.5 Å². The maximum atomic E-state index is 5.75. The Balaban J connectivity index is 0.00000324. The zero-order valence-corrected chi connectivity index (χ0v) is 24.4. The van der Waals surface area contributed by atoms with Gasteiger partial charge in [0, 0.05) is 11.6 Å². The highest BCUT2D eigenvalue weighted by molar-refractivity contribution is 5.85. The summed E-state index contributed by atoms with van der Waals surface area (Å²) in [5, 5.41) is 3.61. The van der Waals surface area contributed by atoms with Crippen molar-refractivity contribution in [2.45, 2.75) is 77.2 Å². The Morgan fingerprint density at radius 1 is 0.889 bits per heavy atom. The molecule has 1 N–H and O–H groups in total. The highest BCUT2D eigenvalue weighted by Crippen LogP contribution is 2.43. The smallest absolute Gasteiger partial charge is 0.164 e. The van der Waals surface area contributed by atoms with Crippen LogP contribution in [0.1, 0.15) is 75.0 Å². The number of fused-ring (bicyclic) bond motifs is 1. The maximum Gasteiger partial charge on any atom is 0.164 e. The fraction of sp³-hybridized carbons (Fsp3) is 0.600. The number of halogens is 2. The molecule has 0 aliphatic heterocycles. The van der Waals surface area contributed by atoms with Gasteiger partial charge in [0.1, 0.15) is 0 Å². The monoisotopic (exact) mass is 538 g/mol. The van der Waals surface area contributed by atoms with Gasteiger partial charge >= 0.3 is 0 Å². The summed E-state index contributed by atoms with van der Waals surface area (Å²) >= 11 is 0. The van der Waals surface area contributed by atoms with Crippen molar-refractivity contribution in [1.82, 2.24) is 10.2 Å². The first-order valence-corrected chi connectivity index (χ1v) is 13.4. The van der Waals surface area contributed by atoms with Gasteiger partial charge in [-0.25, -0.2) is 0 Å². The minimum atomic E-state index is 0. The number of nitrogens with zero attached hydrogens (tertiary/aromatic N) is 1. The lowest BCUT2D eigenvalue weighted by atomic mass is 9.79. The Labute approximate surface area is 232 Å². The second-order valence-electron chi connectivity index (χ2n) is 9.80. The summed E-state index contributed by atoms with van der Waals surface area (Å²) < 4.78 is 11.3. The van der Waals surface area contributed by atoms with Crippen molar-refractivity contribution >= 4 is 24.8 Å². The first-order chi connectivity index (χ1) is 16.7. The zero-order chi connectivity index (χ0) is 24.2. The highest BCUT2D eigenvalue weighted by Gasteiger charge is 2.31. The van der Waals surface area contributed by atoms with Crippen LogP contribution in [0.5, 0.6) is 11.5 Å². The van der Waals surface area contributed by atoms with Crippen LogP contribution in [0.4, 0.5) is 0 Å². The van der Waals surface area contributed by atoms with Crippen molar-refractivity contribution < 1.29 is 9.47 Å². The van der Waals surface area contributed by atoms with Crippen molar-refractivity contribution in [2.75, 3.05) is 40.4 Å². The topological polar surface area (TPSA) is 33.7 Å². The van der Waals surface area contributed by atoms with E-state index in [2.05, 4.69) is 66.5 Å². The van der Waals surface area contributed by atoms with Crippen molar-refractivity contribution in [2.24, 2.45) is 0 Å². The standard InChI is InChI=1S/C30H46N2O2.2ClH/c1-5-20-32(21-12-7-6-11-18-31-19-17-25-13-9-8-10-14-25)27-22-24(2)29-26(23-27)15-16-28(33-3)30(29)34-4;;/h8-10,13-16,24,27,31H,5-7,11-12,17-23H2,1-4H3;2*1H. The van der Waals surface area contributed by atoms with E-state index < -0.39 is 0 Å². The van der Waals surface area contributed by atoms with E-state index in [0.717, 1.165) is 37.4 Å². The van der Waals surface area contributed by atoms with E-state index in [-0.39, 0.29) is 24.8 Å². The van der Waals surface area contributed by atoms with Crippen molar-refractivity contribution in [1.29, 1.82) is 0 Å². The number of nitrogens with one attached hydrogen (secondary N) is 1. The van der Waals surface area contributed by atoms with Crippen LogP contribution in [0, 0.1) is 0 Å². The number of benzene rings is 2. The average molecular weight is 540 g/mol. The van der Waals surface area contributed by atoms with E-state index >= 15 is 0 Å². The van der Waals surface area contributed by atoms with Gasteiger partial charge in [-0.05, 0) is 87.8 Å². The molecule has 4 nitrogen and oxygen atoms in total. The molecule has 2 aromatic carbocycles. The van der Waals surface area contributed by atoms with Gasteiger partial charge in [-0.3, -0.25) is 0 Å². The maximum absolute atomic E-state index is 5.75. The molecule has 6 heteroatoms. The molecule has 1 aliphatic rings. The van der Waals surface area contributed by atoms with Crippen molar-refractivity contribution in [3.63, 3.8) is 0 Å². The lowest BCUT2D eigenvalue weighted by molar-refractivity contribution is 0.167. The molecule has 0 radical (unpaired) electrons. The number of ether oxygens (including phenoxy) is 2. The molecule has 2 unspecified atom stereocenters. The molecular weight excluding hydrogens is 491 g/mol. The first-order valence-electron chi connectivity index (χ1n) is 13.4. The lowest BCUT2D eigenvalue weighted by Crippen LogP contribution is -2.41. The summed E-state index contributed by atoms with van der Waals surface area (Å²) in [5.74, 6) is 2.28. The summed E-state index contributed by atoms with van der Waals surface area (Å²) in [6.45, 7) is 9.28. The van der Waals surface area contributed by atoms with Gasteiger partial charge in [0.15, 0.2) is 11.5 Å². The lowest BCUT2D eigenvalue weighted by Gasteiger charge is -2.38. The molecule has 1 aliphatic carbocycles. The van der Waals surface area contributed by atoms with Crippen LogP contribution in [0.25, 0.3) is 0 Å². The molecule has 0 heterocycles. The molecular formula is C30H48Cl2N2O2. The Morgan fingerprint density at radius 3 is 2.33 bits per heavy atom. The normalized spacial score (nSPS) is 16.6. The molecule has 2 atom stereocenters.